The van der Waals surface area contributed by atoms with Gasteiger partial charge in [0.05, 0.1) is 29.1 Å². The molecule has 0 aromatic heterocycles. The second kappa shape index (κ2) is 6.37. The van der Waals surface area contributed by atoms with Gasteiger partial charge in [0, 0.05) is 12.1 Å². The van der Waals surface area contributed by atoms with Crippen molar-refractivity contribution in [1.29, 1.82) is 0 Å². The molecule has 1 heterocycles. The molecular weight excluding hydrogens is 339 g/mol. The number of benzene rings is 2. The Hall–Kier alpha value is -2.80. The lowest BCUT2D eigenvalue weighted by atomic mass is 10.1. The summed E-state index contributed by atoms with van der Waals surface area (Å²) in [4.78, 5) is 23.5. The number of nitrogens with one attached hydrogen (secondary N) is 2. The van der Waals surface area contributed by atoms with E-state index in [-0.39, 0.29) is 28.8 Å². The molecule has 124 valence electrons. The zero-order chi connectivity index (χ0) is 17.3. The predicted octanol–water partition coefficient (Wildman–Crippen LogP) is 3.07. The fourth-order valence-corrected chi connectivity index (χ4v) is 2.40. The van der Waals surface area contributed by atoms with Crippen LogP contribution in [0.1, 0.15) is 10.4 Å². The van der Waals surface area contributed by atoms with Gasteiger partial charge in [-0.2, -0.15) is 0 Å². The molecule has 2 N–H and O–H groups in total. The van der Waals surface area contributed by atoms with Crippen LogP contribution in [-0.4, -0.2) is 25.5 Å². The standard InChI is InChI=1S/C16H12ClFN2O4/c1-23-8-2-3-9(11(18)4-8)16(22)20-12-6-14-13(5-10(12)17)19-15(21)7-24-14/h2-6H,7H2,1H3,(H,19,21)(H,20,22). The molecule has 0 unspecified atom stereocenters. The number of hydrogen-bond donors (Lipinski definition) is 2. The van der Waals surface area contributed by atoms with Crippen LogP contribution in [0.25, 0.3) is 0 Å². The fourth-order valence-electron chi connectivity index (χ4n) is 2.19. The molecule has 8 heteroatoms. The van der Waals surface area contributed by atoms with Gasteiger partial charge in [0.2, 0.25) is 0 Å². The lowest BCUT2D eigenvalue weighted by Crippen LogP contribution is -2.25. The molecule has 0 radical (unpaired) electrons. The summed E-state index contributed by atoms with van der Waals surface area (Å²) in [5, 5.41) is 5.30. The molecule has 0 saturated carbocycles. The molecule has 3 rings (SSSR count). The summed E-state index contributed by atoms with van der Waals surface area (Å²) in [6.07, 6.45) is 0. The number of halogens is 2. The van der Waals surface area contributed by atoms with Crippen LogP contribution in [0.4, 0.5) is 15.8 Å². The maximum absolute atomic E-state index is 14.0. The zero-order valence-electron chi connectivity index (χ0n) is 12.5. The van der Waals surface area contributed by atoms with Crippen LogP contribution < -0.4 is 20.1 Å². The summed E-state index contributed by atoms with van der Waals surface area (Å²) in [7, 11) is 1.40. The second-order valence-corrected chi connectivity index (χ2v) is 5.37. The Kier molecular flexibility index (Phi) is 4.26. The van der Waals surface area contributed by atoms with Crippen molar-refractivity contribution in [3.63, 3.8) is 0 Å². The van der Waals surface area contributed by atoms with Crippen LogP contribution in [0.2, 0.25) is 5.02 Å². The lowest BCUT2D eigenvalue weighted by molar-refractivity contribution is -0.118. The number of carbonyl (C=O) groups is 2. The van der Waals surface area contributed by atoms with E-state index >= 15 is 0 Å². The van der Waals surface area contributed by atoms with Gasteiger partial charge in [0.25, 0.3) is 11.8 Å². The molecule has 0 atom stereocenters. The van der Waals surface area contributed by atoms with Crippen molar-refractivity contribution in [3.05, 3.63) is 46.7 Å². The minimum Gasteiger partial charge on any atom is -0.497 e. The topological polar surface area (TPSA) is 76.7 Å². The summed E-state index contributed by atoms with van der Waals surface area (Å²) >= 11 is 6.09. The van der Waals surface area contributed by atoms with Crippen LogP contribution in [0, 0.1) is 5.82 Å². The number of methoxy groups -OCH3 is 1. The lowest BCUT2D eigenvalue weighted by Gasteiger charge is -2.19. The van der Waals surface area contributed by atoms with Crippen molar-refractivity contribution in [2.45, 2.75) is 0 Å². The SMILES string of the molecule is COc1ccc(C(=O)Nc2cc3c(cc2Cl)NC(=O)CO3)c(F)c1. The third-order valence-electron chi connectivity index (χ3n) is 3.37. The highest BCUT2D eigenvalue weighted by molar-refractivity contribution is 6.34. The van der Waals surface area contributed by atoms with Crippen LogP contribution >= 0.6 is 11.6 Å². The van der Waals surface area contributed by atoms with Crippen molar-refractivity contribution >= 4 is 34.8 Å². The Morgan fingerprint density at radius 2 is 2.17 bits per heavy atom. The van der Waals surface area contributed by atoms with Gasteiger partial charge in [0.1, 0.15) is 17.3 Å². The molecule has 6 nitrogen and oxygen atoms in total. The van der Waals surface area contributed by atoms with Crippen molar-refractivity contribution in [1.82, 2.24) is 0 Å². The molecule has 2 aromatic rings. The van der Waals surface area contributed by atoms with E-state index in [2.05, 4.69) is 10.6 Å². The van der Waals surface area contributed by atoms with E-state index in [1.807, 2.05) is 0 Å². The highest BCUT2D eigenvalue weighted by Gasteiger charge is 2.20. The molecule has 0 fully saturated rings. The quantitative estimate of drug-likeness (QED) is 0.892. The van der Waals surface area contributed by atoms with Crippen LogP contribution in [0.3, 0.4) is 0 Å². The Labute approximate surface area is 141 Å². The number of carbonyl (C=O) groups excluding carboxylic acids is 2. The number of ether oxygens (including phenoxy) is 2. The highest BCUT2D eigenvalue weighted by atomic mass is 35.5. The van der Waals surface area contributed by atoms with E-state index in [4.69, 9.17) is 21.1 Å². The Morgan fingerprint density at radius 3 is 2.88 bits per heavy atom. The first-order valence-corrected chi connectivity index (χ1v) is 7.27. The van der Waals surface area contributed by atoms with E-state index in [0.717, 1.165) is 6.07 Å². The Balaban J connectivity index is 1.86. The number of fused-ring (bicyclic) bond motifs is 1. The van der Waals surface area contributed by atoms with Gasteiger partial charge in [-0.25, -0.2) is 4.39 Å². The van der Waals surface area contributed by atoms with Gasteiger partial charge in [-0.1, -0.05) is 11.6 Å². The molecule has 0 spiro atoms. The minimum absolute atomic E-state index is 0.130. The monoisotopic (exact) mass is 350 g/mol. The number of amides is 2. The molecule has 24 heavy (non-hydrogen) atoms. The third-order valence-corrected chi connectivity index (χ3v) is 3.68. The summed E-state index contributed by atoms with van der Waals surface area (Å²) in [5.41, 5.74) is 0.496. The second-order valence-electron chi connectivity index (χ2n) is 4.96. The smallest absolute Gasteiger partial charge is 0.262 e. The normalized spacial score (nSPS) is 12.7. The number of rotatable bonds is 3. The molecule has 0 saturated heterocycles. The van der Waals surface area contributed by atoms with Crippen molar-refractivity contribution in [2.75, 3.05) is 24.4 Å². The summed E-state index contributed by atoms with van der Waals surface area (Å²) in [6.45, 7) is -0.130. The Morgan fingerprint density at radius 1 is 1.38 bits per heavy atom. The third kappa shape index (κ3) is 3.11. The molecule has 0 bridgehead atoms. The molecule has 2 amide bonds. The van der Waals surface area contributed by atoms with Crippen molar-refractivity contribution in [3.8, 4) is 11.5 Å². The van der Waals surface area contributed by atoms with Gasteiger partial charge >= 0.3 is 0 Å². The summed E-state index contributed by atoms with van der Waals surface area (Å²) in [6, 6.07) is 6.82. The van der Waals surface area contributed by atoms with Gasteiger partial charge < -0.3 is 20.1 Å². The minimum atomic E-state index is -0.718. The van der Waals surface area contributed by atoms with E-state index in [1.54, 1.807) is 0 Å². The maximum Gasteiger partial charge on any atom is 0.262 e. The van der Waals surface area contributed by atoms with Crippen molar-refractivity contribution < 1.29 is 23.5 Å². The zero-order valence-corrected chi connectivity index (χ0v) is 13.2. The first-order valence-electron chi connectivity index (χ1n) is 6.89. The molecule has 0 aliphatic carbocycles. The summed E-state index contributed by atoms with van der Waals surface area (Å²) in [5.74, 6) is -1.01. The molecule has 2 aromatic carbocycles. The largest absolute Gasteiger partial charge is 0.497 e. The van der Waals surface area contributed by atoms with E-state index in [0.29, 0.717) is 17.2 Å². The van der Waals surface area contributed by atoms with Gasteiger partial charge in [-0.3, -0.25) is 9.59 Å². The molecule has 1 aliphatic heterocycles. The molecule has 1 aliphatic rings. The van der Waals surface area contributed by atoms with Gasteiger partial charge in [-0.15, -0.1) is 0 Å². The Bertz CT molecular complexity index is 841. The average Bonchev–Trinajstić information content (AvgIpc) is 2.55. The van der Waals surface area contributed by atoms with Crippen LogP contribution in [0.5, 0.6) is 11.5 Å². The van der Waals surface area contributed by atoms with Gasteiger partial charge in [0.15, 0.2) is 6.61 Å². The predicted molar refractivity (Wildman–Crippen MR) is 86.5 cm³/mol. The number of hydrogen-bond acceptors (Lipinski definition) is 4. The first kappa shape index (κ1) is 16.1. The maximum atomic E-state index is 14.0. The number of anilines is 2. The highest BCUT2D eigenvalue weighted by Crippen LogP contribution is 2.36. The summed E-state index contributed by atoms with van der Waals surface area (Å²) < 4.78 is 24.1. The van der Waals surface area contributed by atoms with Crippen molar-refractivity contribution in [2.24, 2.45) is 0 Å². The first-order chi connectivity index (χ1) is 11.5. The van der Waals surface area contributed by atoms with Crippen LogP contribution in [-0.2, 0) is 4.79 Å². The fraction of sp³-hybridized carbons (Fsp3) is 0.125. The van der Waals surface area contributed by atoms with E-state index in [9.17, 15) is 14.0 Å². The van der Waals surface area contributed by atoms with E-state index < -0.39 is 11.7 Å². The van der Waals surface area contributed by atoms with Crippen LogP contribution in [0.15, 0.2) is 30.3 Å². The average molecular weight is 351 g/mol. The molecular formula is C16H12ClFN2O4. The van der Waals surface area contributed by atoms with E-state index in [1.165, 1.54) is 31.4 Å². The van der Waals surface area contributed by atoms with Gasteiger partial charge in [-0.05, 0) is 18.2 Å².